The van der Waals surface area contributed by atoms with Crippen molar-refractivity contribution < 1.29 is 28.7 Å². The quantitative estimate of drug-likeness (QED) is 0.341. The number of ether oxygens (including phenoxy) is 1. The van der Waals surface area contributed by atoms with Gasteiger partial charge >= 0.3 is 6.09 Å². The molecule has 3 N–H and O–H groups in total. The third-order valence-electron chi connectivity index (χ3n) is 9.06. The molecule has 3 atom stereocenters. The zero-order chi connectivity index (χ0) is 31.0. The van der Waals surface area contributed by atoms with Crippen LogP contribution in [0.2, 0.25) is 5.02 Å². The highest BCUT2D eigenvalue weighted by Gasteiger charge is 2.56. The fraction of sp³-hybridized carbons (Fsp3) is 0.613. The number of carbonyl (C=O) groups excluding carboxylic acids is 5. The van der Waals surface area contributed by atoms with Crippen molar-refractivity contribution in [3.05, 3.63) is 34.9 Å². The average molecular weight is 614 g/mol. The van der Waals surface area contributed by atoms with Crippen molar-refractivity contribution in [3.8, 4) is 6.07 Å². The Morgan fingerprint density at radius 1 is 1.21 bits per heavy atom. The van der Waals surface area contributed by atoms with Gasteiger partial charge in [0, 0.05) is 37.0 Å². The van der Waals surface area contributed by atoms with Crippen LogP contribution in [0.3, 0.4) is 0 Å². The van der Waals surface area contributed by atoms with Gasteiger partial charge in [-0.15, -0.1) is 0 Å². The highest BCUT2D eigenvalue weighted by atomic mass is 35.5. The number of nitriles is 1. The van der Waals surface area contributed by atoms with Crippen molar-refractivity contribution in [2.24, 2.45) is 11.3 Å². The molecule has 1 aliphatic carbocycles. The Morgan fingerprint density at radius 2 is 1.93 bits per heavy atom. The van der Waals surface area contributed by atoms with E-state index in [2.05, 4.69) is 22.0 Å². The van der Waals surface area contributed by atoms with Crippen LogP contribution in [0, 0.1) is 22.7 Å². The molecule has 4 amide bonds. The Labute approximate surface area is 257 Å². The van der Waals surface area contributed by atoms with Crippen molar-refractivity contribution in [1.82, 2.24) is 20.9 Å². The molecule has 1 aromatic rings. The molecule has 2 unspecified atom stereocenters. The molecule has 2 saturated heterocycles. The molecule has 11 nitrogen and oxygen atoms in total. The van der Waals surface area contributed by atoms with E-state index in [0.717, 1.165) is 32.1 Å². The number of carbonyl (C=O) groups is 5. The van der Waals surface area contributed by atoms with Crippen LogP contribution in [0.1, 0.15) is 76.7 Å². The maximum atomic E-state index is 13.5. The Kier molecular flexibility index (Phi) is 10.7. The van der Waals surface area contributed by atoms with E-state index in [0.29, 0.717) is 49.2 Å². The van der Waals surface area contributed by atoms with Crippen LogP contribution in [0.5, 0.6) is 0 Å². The number of rotatable bonds is 10. The van der Waals surface area contributed by atoms with Crippen molar-refractivity contribution >= 4 is 41.7 Å². The standard InChI is InChI=1S/C31H40ClN5O6/c1-21(39)37-12-10-31(11-13-37)19-30(20-33,28(41)36-31)16-25(17-38)34-27(40)26(15-22-6-3-2-4-7-22)35-29(42)43-18-23-8-5-9-24(32)14-23/h5,8-9,14,17,22,25-26H,2-4,6-7,10-13,15-16,18-19H2,1H3,(H,34,40)(H,35,42)(H,36,41)/t25?,26-,30?/m0/s1. The number of alkyl carbamates (subject to hydrolysis) is 1. The summed E-state index contributed by atoms with van der Waals surface area (Å²) in [5.41, 5.74) is -1.47. The molecule has 1 spiro atoms. The molecule has 1 saturated carbocycles. The summed E-state index contributed by atoms with van der Waals surface area (Å²) in [6.45, 7) is 2.39. The Morgan fingerprint density at radius 3 is 2.56 bits per heavy atom. The highest BCUT2D eigenvalue weighted by Crippen LogP contribution is 2.44. The lowest BCUT2D eigenvalue weighted by atomic mass is 9.74. The molecular formula is C31H40ClN5O6. The summed E-state index contributed by atoms with van der Waals surface area (Å²) in [5, 5.41) is 19.0. The van der Waals surface area contributed by atoms with Crippen LogP contribution in [0.15, 0.2) is 24.3 Å². The lowest BCUT2D eigenvalue weighted by molar-refractivity contribution is -0.130. The van der Waals surface area contributed by atoms with Gasteiger partial charge < -0.3 is 30.4 Å². The summed E-state index contributed by atoms with van der Waals surface area (Å²) in [4.78, 5) is 65.1. The molecule has 0 bridgehead atoms. The van der Waals surface area contributed by atoms with Crippen LogP contribution in [-0.4, -0.2) is 65.7 Å². The van der Waals surface area contributed by atoms with E-state index in [1.165, 1.54) is 6.92 Å². The van der Waals surface area contributed by atoms with Crippen molar-refractivity contribution in [2.45, 2.75) is 95.4 Å². The molecule has 0 radical (unpaired) electrons. The maximum absolute atomic E-state index is 13.5. The lowest BCUT2D eigenvalue weighted by Crippen LogP contribution is -2.52. The smallest absolute Gasteiger partial charge is 0.408 e. The first-order valence-corrected chi connectivity index (χ1v) is 15.4. The maximum Gasteiger partial charge on any atom is 0.408 e. The summed E-state index contributed by atoms with van der Waals surface area (Å²) in [7, 11) is 0. The Bertz CT molecular complexity index is 1250. The Hall–Kier alpha value is -3.65. The summed E-state index contributed by atoms with van der Waals surface area (Å²) >= 11 is 6.01. The third-order valence-corrected chi connectivity index (χ3v) is 9.29. The van der Waals surface area contributed by atoms with Gasteiger partial charge in [-0.25, -0.2) is 4.79 Å². The SMILES string of the molecule is CC(=O)N1CCC2(CC1)CC(C#N)(CC(C=O)NC(=O)[C@H](CC1CCCCC1)NC(=O)OCc1cccc(Cl)c1)C(=O)N2. The van der Waals surface area contributed by atoms with Gasteiger partial charge in [0.25, 0.3) is 0 Å². The number of piperidine rings is 1. The van der Waals surface area contributed by atoms with E-state index in [4.69, 9.17) is 16.3 Å². The molecule has 2 heterocycles. The van der Waals surface area contributed by atoms with Crippen molar-refractivity contribution in [3.63, 3.8) is 0 Å². The number of amides is 4. The largest absolute Gasteiger partial charge is 0.445 e. The molecular weight excluding hydrogens is 574 g/mol. The van der Waals surface area contributed by atoms with E-state index >= 15 is 0 Å². The predicted octanol–water partition coefficient (Wildman–Crippen LogP) is 3.39. The molecule has 4 rings (SSSR count). The summed E-state index contributed by atoms with van der Waals surface area (Å²) in [6.07, 6.45) is 6.20. The number of hydrogen-bond donors (Lipinski definition) is 3. The van der Waals surface area contributed by atoms with Crippen molar-refractivity contribution in [2.75, 3.05) is 13.1 Å². The third kappa shape index (κ3) is 8.25. The molecule has 2 aliphatic heterocycles. The molecule has 1 aromatic carbocycles. The van der Waals surface area contributed by atoms with Gasteiger partial charge in [-0.05, 0) is 49.3 Å². The number of benzene rings is 1. The number of nitrogens with zero attached hydrogens (tertiary/aromatic N) is 2. The monoisotopic (exact) mass is 613 g/mol. The van der Waals surface area contributed by atoms with Gasteiger partial charge in [0.15, 0.2) is 0 Å². The average Bonchev–Trinajstić information content (AvgIpc) is 3.26. The molecule has 0 aromatic heterocycles. The zero-order valence-corrected chi connectivity index (χ0v) is 25.3. The Balaban J connectivity index is 1.41. The van der Waals surface area contributed by atoms with E-state index in [1.807, 2.05) is 0 Å². The molecule has 3 aliphatic rings. The number of likely N-dealkylation sites (tertiary alicyclic amines) is 1. The molecule has 12 heteroatoms. The van der Waals surface area contributed by atoms with Crippen LogP contribution in [-0.2, 0) is 30.5 Å². The van der Waals surface area contributed by atoms with Crippen molar-refractivity contribution in [1.29, 1.82) is 5.26 Å². The number of aldehydes is 1. The second kappa shape index (κ2) is 14.2. The topological polar surface area (TPSA) is 158 Å². The number of halogens is 1. The first-order chi connectivity index (χ1) is 20.6. The van der Waals surface area contributed by atoms with Gasteiger partial charge in [-0.1, -0.05) is 55.8 Å². The lowest BCUT2D eigenvalue weighted by Gasteiger charge is -2.39. The van der Waals surface area contributed by atoms with E-state index < -0.39 is 40.9 Å². The zero-order valence-electron chi connectivity index (χ0n) is 24.5. The van der Waals surface area contributed by atoms with E-state index in [-0.39, 0.29) is 31.3 Å². The minimum atomic E-state index is -1.51. The molecule has 43 heavy (non-hydrogen) atoms. The number of hydrogen-bond acceptors (Lipinski definition) is 7. The van der Waals surface area contributed by atoms with Gasteiger partial charge in [0.05, 0.1) is 12.1 Å². The summed E-state index contributed by atoms with van der Waals surface area (Å²) in [6, 6.07) is 6.94. The fourth-order valence-electron chi connectivity index (χ4n) is 6.65. The van der Waals surface area contributed by atoms with Crippen LogP contribution in [0.4, 0.5) is 4.79 Å². The summed E-state index contributed by atoms with van der Waals surface area (Å²) < 4.78 is 5.35. The van der Waals surface area contributed by atoms with Crippen LogP contribution >= 0.6 is 11.6 Å². The van der Waals surface area contributed by atoms with E-state index in [9.17, 15) is 29.2 Å². The van der Waals surface area contributed by atoms with Crippen LogP contribution < -0.4 is 16.0 Å². The van der Waals surface area contributed by atoms with E-state index in [1.54, 1.807) is 29.2 Å². The predicted molar refractivity (Wildman–Crippen MR) is 157 cm³/mol. The van der Waals surface area contributed by atoms with Gasteiger partial charge in [0.2, 0.25) is 17.7 Å². The molecule has 232 valence electrons. The van der Waals surface area contributed by atoms with Gasteiger partial charge in [0.1, 0.15) is 24.3 Å². The summed E-state index contributed by atoms with van der Waals surface area (Å²) in [5.74, 6) is -0.870. The highest BCUT2D eigenvalue weighted by molar-refractivity contribution is 6.30. The first-order valence-electron chi connectivity index (χ1n) is 15.0. The van der Waals surface area contributed by atoms with Gasteiger partial charge in [-0.3, -0.25) is 14.4 Å². The number of nitrogens with one attached hydrogen (secondary N) is 3. The first kappa shape index (κ1) is 32.3. The van der Waals surface area contributed by atoms with Crippen LogP contribution in [0.25, 0.3) is 0 Å². The minimum Gasteiger partial charge on any atom is -0.445 e. The minimum absolute atomic E-state index is 0.0349. The second-order valence-electron chi connectivity index (χ2n) is 12.2. The molecule has 3 fully saturated rings. The second-order valence-corrected chi connectivity index (χ2v) is 12.6. The fourth-order valence-corrected chi connectivity index (χ4v) is 6.87. The normalized spacial score (nSPS) is 23.0. The van der Waals surface area contributed by atoms with Gasteiger partial charge in [-0.2, -0.15) is 5.26 Å².